The number of piperazine rings is 1. The molecule has 2 amide bonds. The van der Waals surface area contributed by atoms with Gasteiger partial charge in [-0.15, -0.1) is 0 Å². The summed E-state index contributed by atoms with van der Waals surface area (Å²) in [6.45, 7) is 6.63. The molecule has 2 saturated carbocycles. The lowest BCUT2D eigenvalue weighted by Crippen LogP contribution is -2.46. The molecule has 5 rings (SSSR count). The van der Waals surface area contributed by atoms with Gasteiger partial charge in [0, 0.05) is 43.7 Å². The van der Waals surface area contributed by atoms with E-state index in [0.717, 1.165) is 62.0 Å². The van der Waals surface area contributed by atoms with Crippen molar-refractivity contribution in [3.05, 3.63) is 46.5 Å². The first-order valence-corrected chi connectivity index (χ1v) is 13.2. The molecule has 4 atom stereocenters. The van der Waals surface area contributed by atoms with Crippen molar-refractivity contribution in [3.8, 4) is 0 Å². The van der Waals surface area contributed by atoms with Gasteiger partial charge in [-0.1, -0.05) is 40.2 Å². The van der Waals surface area contributed by atoms with Crippen LogP contribution in [0.25, 0.3) is 0 Å². The molecule has 2 bridgehead atoms. The first-order chi connectivity index (χ1) is 16.0. The fourth-order valence-corrected chi connectivity index (χ4v) is 6.59. The molecule has 1 saturated heterocycles. The molecule has 178 valence electrons. The average Bonchev–Trinajstić information content (AvgIpc) is 3.49. The Balaban J connectivity index is 1.17. The van der Waals surface area contributed by atoms with Crippen molar-refractivity contribution >= 4 is 27.7 Å². The number of benzene rings is 1. The highest BCUT2D eigenvalue weighted by Gasteiger charge is 2.69. The Kier molecular flexibility index (Phi) is 6.65. The first-order valence-electron chi connectivity index (χ1n) is 12.4. The van der Waals surface area contributed by atoms with Crippen LogP contribution in [0.2, 0.25) is 0 Å². The third-order valence-electron chi connectivity index (χ3n) is 8.37. The number of carbonyl (C=O) groups is 2. The molecule has 4 aliphatic rings. The van der Waals surface area contributed by atoms with Gasteiger partial charge < -0.3 is 20.4 Å². The molecule has 2 N–H and O–H groups in total. The maximum Gasteiger partial charge on any atom is 0.224 e. The molecule has 3 fully saturated rings. The number of nitrogens with zero attached hydrogens (tertiary/aromatic N) is 2. The lowest BCUT2D eigenvalue weighted by molar-refractivity contribution is -0.135. The molecule has 3 aliphatic carbocycles. The van der Waals surface area contributed by atoms with E-state index in [4.69, 9.17) is 0 Å². The maximum absolute atomic E-state index is 13.3. The van der Waals surface area contributed by atoms with E-state index < -0.39 is 0 Å². The van der Waals surface area contributed by atoms with Gasteiger partial charge in [-0.25, -0.2) is 0 Å². The Bertz CT molecular complexity index is 905. The highest BCUT2D eigenvalue weighted by atomic mass is 79.9. The van der Waals surface area contributed by atoms with Gasteiger partial charge >= 0.3 is 0 Å². The van der Waals surface area contributed by atoms with E-state index in [-0.39, 0.29) is 40.9 Å². The Hall–Kier alpha value is -1.70. The number of halogens is 1. The zero-order valence-electron chi connectivity index (χ0n) is 19.4. The van der Waals surface area contributed by atoms with Gasteiger partial charge in [0.05, 0.1) is 11.8 Å². The number of hydrogen-bond donors (Lipinski definition) is 2. The van der Waals surface area contributed by atoms with Crippen molar-refractivity contribution in [1.82, 2.24) is 20.4 Å². The van der Waals surface area contributed by atoms with Crippen LogP contribution < -0.4 is 10.6 Å². The van der Waals surface area contributed by atoms with Crippen LogP contribution in [0.15, 0.2) is 40.9 Å². The van der Waals surface area contributed by atoms with Gasteiger partial charge in [0.2, 0.25) is 11.8 Å². The molecule has 0 unspecified atom stereocenters. The predicted octanol–water partition coefficient (Wildman–Crippen LogP) is 2.65. The topological polar surface area (TPSA) is 64.7 Å². The molecule has 0 aromatic heterocycles. The fourth-order valence-electron chi connectivity index (χ4n) is 6.32. The van der Waals surface area contributed by atoms with Crippen LogP contribution in [-0.2, 0) is 16.1 Å². The van der Waals surface area contributed by atoms with Crippen molar-refractivity contribution in [2.75, 3.05) is 46.3 Å². The maximum atomic E-state index is 13.3. The second-order valence-electron chi connectivity index (χ2n) is 10.4. The predicted molar refractivity (Wildman–Crippen MR) is 132 cm³/mol. The van der Waals surface area contributed by atoms with Crippen LogP contribution in [0.1, 0.15) is 24.8 Å². The Morgan fingerprint density at radius 2 is 1.58 bits per heavy atom. The summed E-state index contributed by atoms with van der Waals surface area (Å²) in [5, 5.41) is 6.32. The van der Waals surface area contributed by atoms with Gasteiger partial charge in [0.1, 0.15) is 0 Å². The Labute approximate surface area is 205 Å². The number of hydrogen-bond acceptors (Lipinski definition) is 4. The number of nitrogens with one attached hydrogen (secondary N) is 2. The molecule has 1 heterocycles. The number of likely N-dealkylation sites (N-methyl/N-ethyl adjacent to an activating group) is 1. The summed E-state index contributed by atoms with van der Waals surface area (Å²) in [7, 11) is 2.17. The highest BCUT2D eigenvalue weighted by Crippen LogP contribution is 2.72. The van der Waals surface area contributed by atoms with Crippen molar-refractivity contribution < 1.29 is 9.59 Å². The van der Waals surface area contributed by atoms with Crippen molar-refractivity contribution in [2.45, 2.75) is 25.8 Å². The number of carbonyl (C=O) groups excluding carboxylic acids is 2. The van der Waals surface area contributed by atoms with Gasteiger partial charge in [0.25, 0.3) is 0 Å². The number of allylic oxidation sites excluding steroid dienone is 2. The zero-order chi connectivity index (χ0) is 23.0. The molecule has 1 aliphatic heterocycles. The van der Waals surface area contributed by atoms with Crippen LogP contribution in [0.4, 0.5) is 0 Å². The van der Waals surface area contributed by atoms with Gasteiger partial charge in [-0.3, -0.25) is 9.59 Å². The Morgan fingerprint density at radius 1 is 0.970 bits per heavy atom. The summed E-state index contributed by atoms with van der Waals surface area (Å²) in [4.78, 5) is 31.5. The molecule has 1 aromatic rings. The number of amides is 2. The van der Waals surface area contributed by atoms with Crippen LogP contribution in [-0.4, -0.2) is 67.9 Å². The van der Waals surface area contributed by atoms with E-state index in [9.17, 15) is 9.59 Å². The van der Waals surface area contributed by atoms with Gasteiger partial charge in [-0.05, 0) is 67.8 Å². The van der Waals surface area contributed by atoms with Crippen LogP contribution >= 0.6 is 15.9 Å². The van der Waals surface area contributed by atoms with Crippen LogP contribution in [0.5, 0.6) is 0 Å². The van der Waals surface area contributed by atoms with E-state index in [2.05, 4.69) is 55.6 Å². The highest BCUT2D eigenvalue weighted by molar-refractivity contribution is 9.10. The monoisotopic (exact) mass is 514 g/mol. The third-order valence-corrected chi connectivity index (χ3v) is 8.90. The molecule has 1 spiro atoms. The Morgan fingerprint density at radius 3 is 2.18 bits per heavy atom. The summed E-state index contributed by atoms with van der Waals surface area (Å²) >= 11 is 3.45. The fraction of sp³-hybridized carbons (Fsp3) is 0.615. The van der Waals surface area contributed by atoms with Crippen LogP contribution in [0.3, 0.4) is 0 Å². The zero-order valence-corrected chi connectivity index (χ0v) is 21.0. The minimum absolute atomic E-state index is 0.0265. The average molecular weight is 515 g/mol. The number of rotatable bonds is 8. The second-order valence-corrected chi connectivity index (χ2v) is 11.3. The lowest BCUT2D eigenvalue weighted by atomic mass is 9.81. The largest absolute Gasteiger partial charge is 0.356 e. The summed E-state index contributed by atoms with van der Waals surface area (Å²) in [6, 6.07) is 7.99. The smallest absolute Gasteiger partial charge is 0.224 e. The third kappa shape index (κ3) is 4.64. The second kappa shape index (κ2) is 9.51. The van der Waals surface area contributed by atoms with E-state index >= 15 is 0 Å². The SMILES string of the molecule is CN1CCN(CCCNC(=O)[C@H]2[C@H](C(=O)NCc3ccc(Br)cc3)[C@H]3C=C[C@H]2C32CC2)CC1. The van der Waals surface area contributed by atoms with Crippen molar-refractivity contribution in [3.63, 3.8) is 0 Å². The van der Waals surface area contributed by atoms with Crippen molar-refractivity contribution in [2.24, 2.45) is 29.1 Å². The lowest BCUT2D eigenvalue weighted by Gasteiger charge is -2.32. The summed E-state index contributed by atoms with van der Waals surface area (Å²) in [6.07, 6.45) is 7.68. The molecular weight excluding hydrogens is 480 g/mol. The normalized spacial score (nSPS) is 30.0. The van der Waals surface area contributed by atoms with Crippen LogP contribution in [0, 0.1) is 29.1 Å². The molecule has 7 heteroatoms. The molecule has 0 radical (unpaired) electrons. The summed E-state index contributed by atoms with van der Waals surface area (Å²) < 4.78 is 1.02. The summed E-state index contributed by atoms with van der Waals surface area (Å²) in [5.41, 5.74) is 1.23. The molecule has 33 heavy (non-hydrogen) atoms. The van der Waals surface area contributed by atoms with E-state index in [0.29, 0.717) is 13.1 Å². The standard InChI is InChI=1S/C26H35BrN4O2/c1-30-13-15-31(16-14-30)12-2-11-28-24(32)22-20-7-8-21(26(20)9-10-26)23(22)25(33)29-17-18-3-5-19(27)6-4-18/h3-8,20-23H,2,9-17H2,1H3,(H,28,32)(H,29,33)/t20-,21-,22-,23-/m1/s1. The molecular formula is C26H35BrN4O2. The van der Waals surface area contributed by atoms with Gasteiger partial charge in [-0.2, -0.15) is 0 Å². The van der Waals surface area contributed by atoms with Crippen molar-refractivity contribution in [1.29, 1.82) is 0 Å². The van der Waals surface area contributed by atoms with E-state index in [1.807, 2.05) is 24.3 Å². The minimum atomic E-state index is -0.254. The van der Waals surface area contributed by atoms with E-state index in [1.165, 1.54) is 0 Å². The first kappa shape index (κ1) is 23.1. The molecule has 6 nitrogen and oxygen atoms in total. The minimum Gasteiger partial charge on any atom is -0.356 e. The quantitative estimate of drug-likeness (QED) is 0.413. The molecule has 1 aromatic carbocycles. The van der Waals surface area contributed by atoms with Gasteiger partial charge in [0.15, 0.2) is 0 Å². The summed E-state index contributed by atoms with van der Waals surface area (Å²) in [5.74, 6) is 0.0163. The van der Waals surface area contributed by atoms with E-state index in [1.54, 1.807) is 0 Å².